The second-order valence-electron chi connectivity index (χ2n) is 3.62. The number of rotatable bonds is 2. The summed E-state index contributed by atoms with van der Waals surface area (Å²) in [6.45, 7) is 9.53. The molecular weight excluding hydrogens is 264 g/mol. The van der Waals surface area contributed by atoms with Crippen LogP contribution in [-0.2, 0) is 0 Å². The van der Waals surface area contributed by atoms with Gasteiger partial charge in [0.25, 0.3) is 0 Å². The van der Waals surface area contributed by atoms with Gasteiger partial charge in [0.2, 0.25) is 0 Å². The summed E-state index contributed by atoms with van der Waals surface area (Å²) in [5.41, 5.74) is 3.77. The van der Waals surface area contributed by atoms with Crippen LogP contribution >= 0.6 is 15.9 Å². The predicted molar refractivity (Wildman–Crippen MR) is 73.4 cm³/mol. The van der Waals surface area contributed by atoms with Gasteiger partial charge >= 0.3 is 0 Å². The van der Waals surface area contributed by atoms with E-state index in [4.69, 9.17) is 0 Å². The fraction of sp³-hybridized carbons (Fsp3) is 0.0769. The quantitative estimate of drug-likeness (QED) is 0.747. The van der Waals surface area contributed by atoms with Gasteiger partial charge in [0.05, 0.1) is 11.2 Å². The van der Waals surface area contributed by atoms with Gasteiger partial charge < -0.3 is 0 Å². The van der Waals surface area contributed by atoms with Gasteiger partial charge in [0, 0.05) is 21.6 Å². The van der Waals surface area contributed by atoms with Crippen LogP contribution in [0.3, 0.4) is 0 Å². The summed E-state index contributed by atoms with van der Waals surface area (Å²) >= 11 is 3.42. The van der Waals surface area contributed by atoms with Gasteiger partial charge in [-0.15, -0.1) is 0 Å². The first-order valence-electron chi connectivity index (χ1n) is 4.84. The van der Waals surface area contributed by atoms with Gasteiger partial charge in [-0.25, -0.2) is 0 Å². The van der Waals surface area contributed by atoms with Crippen LogP contribution in [-0.4, -0.2) is 11.7 Å². The van der Waals surface area contributed by atoms with Gasteiger partial charge in [-0.1, -0.05) is 6.58 Å². The molecule has 0 saturated heterocycles. The zero-order valence-electron chi connectivity index (χ0n) is 9.00. The molecule has 0 saturated carbocycles. The molecule has 0 unspecified atom stereocenters. The number of fused-ring (bicyclic) bond motifs is 1. The van der Waals surface area contributed by atoms with Crippen LogP contribution in [0.1, 0.15) is 12.5 Å². The maximum absolute atomic E-state index is 4.35. The molecule has 0 amide bonds. The molecule has 1 aromatic carbocycles. The molecule has 2 rings (SSSR count). The van der Waals surface area contributed by atoms with Gasteiger partial charge in [-0.2, -0.15) is 0 Å². The highest BCUT2D eigenvalue weighted by Crippen LogP contribution is 2.33. The van der Waals surface area contributed by atoms with Crippen molar-refractivity contribution in [1.82, 2.24) is 4.98 Å². The molecule has 0 fully saturated rings. The Labute approximate surface area is 103 Å². The van der Waals surface area contributed by atoms with Crippen LogP contribution in [0, 0.1) is 0 Å². The third-order valence-corrected chi connectivity index (χ3v) is 2.84. The number of hydrogen-bond donors (Lipinski definition) is 0. The Hall–Kier alpha value is -1.48. The lowest BCUT2D eigenvalue weighted by molar-refractivity contribution is 1.38. The monoisotopic (exact) mass is 274 g/mol. The van der Waals surface area contributed by atoms with Crippen molar-refractivity contribution in [2.45, 2.75) is 6.92 Å². The van der Waals surface area contributed by atoms with Crippen LogP contribution in [0.5, 0.6) is 0 Å². The Morgan fingerprint density at radius 2 is 2.19 bits per heavy atom. The highest BCUT2D eigenvalue weighted by Gasteiger charge is 2.08. The van der Waals surface area contributed by atoms with Gasteiger partial charge in [-0.05, 0) is 53.3 Å². The number of benzene rings is 1. The highest BCUT2D eigenvalue weighted by atomic mass is 79.9. The number of nitrogens with zero attached hydrogens (tertiary/aromatic N) is 2. The standard InChI is InChI=1S/C13H11BrN2/c1-8(2)13-10-6-9(14)7-16-11(10)4-5-12(13)15-3/h4-7H,1,3H2,2H3. The van der Waals surface area contributed by atoms with E-state index in [2.05, 4.69) is 39.2 Å². The number of halogens is 1. The minimum Gasteiger partial charge on any atom is -0.264 e. The van der Waals surface area contributed by atoms with Crippen molar-refractivity contribution in [1.29, 1.82) is 0 Å². The molecule has 3 heteroatoms. The summed E-state index contributed by atoms with van der Waals surface area (Å²) in [5.74, 6) is 0. The smallest absolute Gasteiger partial charge is 0.0710 e. The third kappa shape index (κ3) is 1.78. The SMILES string of the molecule is C=Nc1ccc2ncc(Br)cc2c1C(=C)C. The summed E-state index contributed by atoms with van der Waals surface area (Å²) in [7, 11) is 0. The molecule has 2 aromatic rings. The Morgan fingerprint density at radius 1 is 1.44 bits per heavy atom. The highest BCUT2D eigenvalue weighted by molar-refractivity contribution is 9.10. The Kier molecular flexibility index (Phi) is 2.88. The molecule has 0 aliphatic heterocycles. The van der Waals surface area contributed by atoms with Crippen LogP contribution in [0.15, 0.2) is 40.4 Å². The Balaban J connectivity index is 2.92. The lowest BCUT2D eigenvalue weighted by Crippen LogP contribution is -1.86. The normalized spacial score (nSPS) is 10.4. The van der Waals surface area contributed by atoms with Crippen molar-refractivity contribution in [2.24, 2.45) is 4.99 Å². The van der Waals surface area contributed by atoms with Gasteiger partial charge in [0.15, 0.2) is 0 Å². The lowest BCUT2D eigenvalue weighted by Gasteiger charge is -2.09. The summed E-state index contributed by atoms with van der Waals surface area (Å²) in [5, 5.41) is 1.05. The van der Waals surface area contributed by atoms with E-state index in [9.17, 15) is 0 Å². The topological polar surface area (TPSA) is 25.2 Å². The average molecular weight is 275 g/mol. The molecule has 2 nitrogen and oxygen atoms in total. The van der Waals surface area contributed by atoms with Crippen molar-refractivity contribution >= 4 is 44.8 Å². The van der Waals surface area contributed by atoms with Gasteiger partial charge in [-0.3, -0.25) is 9.98 Å². The van der Waals surface area contributed by atoms with E-state index < -0.39 is 0 Å². The molecule has 16 heavy (non-hydrogen) atoms. The molecule has 0 spiro atoms. The first kappa shape index (κ1) is 11.0. The summed E-state index contributed by atoms with van der Waals surface area (Å²) in [6.07, 6.45) is 1.78. The van der Waals surface area contributed by atoms with Crippen molar-refractivity contribution in [3.05, 3.63) is 41.0 Å². The van der Waals surface area contributed by atoms with E-state index in [1.165, 1.54) is 0 Å². The minimum atomic E-state index is 0.847. The average Bonchev–Trinajstić information content (AvgIpc) is 2.26. The summed E-state index contributed by atoms with van der Waals surface area (Å²) in [6, 6.07) is 5.89. The van der Waals surface area contributed by atoms with E-state index in [1.54, 1.807) is 6.20 Å². The van der Waals surface area contributed by atoms with Crippen molar-refractivity contribution in [2.75, 3.05) is 0 Å². The van der Waals surface area contributed by atoms with E-state index in [0.717, 1.165) is 32.2 Å². The van der Waals surface area contributed by atoms with Crippen molar-refractivity contribution in [3.8, 4) is 0 Å². The molecule has 0 aliphatic rings. The maximum atomic E-state index is 4.35. The number of aromatic nitrogens is 1. The third-order valence-electron chi connectivity index (χ3n) is 2.41. The number of hydrogen-bond acceptors (Lipinski definition) is 2. The summed E-state index contributed by atoms with van der Waals surface area (Å²) < 4.78 is 0.948. The Morgan fingerprint density at radius 3 is 2.81 bits per heavy atom. The number of aliphatic imine (C=N–C) groups is 1. The zero-order valence-corrected chi connectivity index (χ0v) is 10.6. The van der Waals surface area contributed by atoms with Crippen LogP contribution in [0.2, 0.25) is 0 Å². The van der Waals surface area contributed by atoms with E-state index in [1.807, 2.05) is 25.1 Å². The minimum absolute atomic E-state index is 0.847. The Bertz CT molecular complexity index is 588. The fourth-order valence-corrected chi connectivity index (χ4v) is 2.07. The second kappa shape index (κ2) is 4.18. The number of allylic oxidation sites excluding steroid dienone is 1. The molecule has 0 radical (unpaired) electrons. The van der Waals surface area contributed by atoms with Crippen LogP contribution in [0.4, 0.5) is 5.69 Å². The first-order valence-corrected chi connectivity index (χ1v) is 5.63. The van der Waals surface area contributed by atoms with Crippen LogP contribution < -0.4 is 0 Å². The largest absolute Gasteiger partial charge is 0.264 e. The molecule has 0 N–H and O–H groups in total. The maximum Gasteiger partial charge on any atom is 0.0710 e. The molecule has 80 valence electrons. The van der Waals surface area contributed by atoms with E-state index in [0.29, 0.717) is 0 Å². The zero-order chi connectivity index (χ0) is 11.7. The molecular formula is C13H11BrN2. The molecule has 1 aromatic heterocycles. The van der Waals surface area contributed by atoms with E-state index >= 15 is 0 Å². The van der Waals surface area contributed by atoms with E-state index in [-0.39, 0.29) is 0 Å². The second-order valence-corrected chi connectivity index (χ2v) is 4.53. The molecule has 1 heterocycles. The fourth-order valence-electron chi connectivity index (χ4n) is 1.74. The number of pyridine rings is 1. The molecule has 0 atom stereocenters. The van der Waals surface area contributed by atoms with Crippen molar-refractivity contribution < 1.29 is 0 Å². The lowest BCUT2D eigenvalue weighted by atomic mass is 10.0. The predicted octanol–water partition coefficient (Wildman–Crippen LogP) is 4.36. The van der Waals surface area contributed by atoms with Crippen molar-refractivity contribution in [3.63, 3.8) is 0 Å². The summed E-state index contributed by atoms with van der Waals surface area (Å²) in [4.78, 5) is 8.37. The molecule has 0 aliphatic carbocycles. The molecule has 0 bridgehead atoms. The van der Waals surface area contributed by atoms with Gasteiger partial charge in [0.1, 0.15) is 0 Å². The van der Waals surface area contributed by atoms with Crippen LogP contribution in [0.25, 0.3) is 16.5 Å². The first-order chi connectivity index (χ1) is 7.63.